The summed E-state index contributed by atoms with van der Waals surface area (Å²) in [4.78, 5) is 25.1. The molecule has 6 nitrogen and oxygen atoms in total. The van der Waals surface area contributed by atoms with Crippen LogP contribution in [0.3, 0.4) is 0 Å². The normalized spacial score (nSPS) is 10.6. The van der Waals surface area contributed by atoms with Crippen LogP contribution in [-0.4, -0.2) is 34.0 Å². The van der Waals surface area contributed by atoms with Gasteiger partial charge >= 0.3 is 5.97 Å². The molecule has 156 valence electrons. The van der Waals surface area contributed by atoms with Crippen molar-refractivity contribution in [3.63, 3.8) is 0 Å². The number of hydrogen-bond donors (Lipinski definition) is 1. The molecule has 0 unspecified atom stereocenters. The number of thioether (sulfide) groups is 1. The van der Waals surface area contributed by atoms with Crippen LogP contribution >= 0.6 is 11.8 Å². The summed E-state index contributed by atoms with van der Waals surface area (Å²) < 4.78 is 6.98. The van der Waals surface area contributed by atoms with Gasteiger partial charge in [0.15, 0.2) is 6.61 Å². The van der Waals surface area contributed by atoms with E-state index < -0.39 is 5.97 Å². The molecule has 0 aliphatic heterocycles. The van der Waals surface area contributed by atoms with Gasteiger partial charge in [0.25, 0.3) is 5.91 Å². The minimum absolute atomic E-state index is 0.112. The molecule has 2 aromatic carbocycles. The number of carbonyl (C=O) groups is 2. The number of carbonyl (C=O) groups excluding carboxylic acids is 2. The van der Waals surface area contributed by atoms with Crippen LogP contribution in [-0.2, 0) is 20.7 Å². The lowest BCUT2D eigenvalue weighted by Crippen LogP contribution is -2.21. The number of hydrogen-bond acceptors (Lipinski definition) is 5. The molecule has 1 heterocycles. The van der Waals surface area contributed by atoms with Gasteiger partial charge in [-0.15, -0.1) is 11.8 Å². The van der Waals surface area contributed by atoms with Crippen LogP contribution in [0.15, 0.2) is 59.5 Å². The first kappa shape index (κ1) is 21.6. The molecule has 0 aliphatic rings. The number of benzene rings is 2. The number of aryl methyl sites for hydroxylation is 2. The smallest absolute Gasteiger partial charge is 0.316 e. The Hall–Kier alpha value is -3.06. The fourth-order valence-electron chi connectivity index (χ4n) is 3.00. The van der Waals surface area contributed by atoms with E-state index in [1.807, 2.05) is 73.1 Å². The summed E-state index contributed by atoms with van der Waals surface area (Å²) in [5, 5.41) is 7.30. The van der Waals surface area contributed by atoms with Crippen LogP contribution in [0.4, 0.5) is 5.69 Å². The predicted octanol–water partition coefficient (Wildman–Crippen LogP) is 4.33. The Kier molecular flexibility index (Phi) is 7.30. The van der Waals surface area contributed by atoms with Gasteiger partial charge in [0.05, 0.1) is 27.7 Å². The molecule has 0 atom stereocenters. The number of amides is 1. The maximum absolute atomic E-state index is 12.1. The monoisotopic (exact) mass is 423 g/mol. The topological polar surface area (TPSA) is 73.2 Å². The number of ether oxygens (including phenoxy) is 1. The summed E-state index contributed by atoms with van der Waals surface area (Å²) in [6.07, 6.45) is 0.937. The molecule has 0 fully saturated rings. The third-order valence-corrected chi connectivity index (χ3v) is 5.83. The number of rotatable bonds is 8. The highest BCUT2D eigenvalue weighted by molar-refractivity contribution is 8.00. The Balaban J connectivity index is 1.50. The summed E-state index contributed by atoms with van der Waals surface area (Å²) in [7, 11) is 0. The lowest BCUT2D eigenvalue weighted by molar-refractivity contribution is -0.144. The highest BCUT2D eigenvalue weighted by atomic mass is 32.2. The second-order valence-corrected chi connectivity index (χ2v) is 7.78. The predicted molar refractivity (Wildman–Crippen MR) is 119 cm³/mol. The van der Waals surface area contributed by atoms with E-state index in [0.717, 1.165) is 28.4 Å². The number of para-hydroxylation sites is 1. The first-order chi connectivity index (χ1) is 14.5. The van der Waals surface area contributed by atoms with Crippen LogP contribution in [0.2, 0.25) is 0 Å². The molecular weight excluding hydrogens is 398 g/mol. The standard InChI is InChI=1S/C23H25N3O3S/c1-4-18-10-12-19(13-11-18)24-21(27)14-29-22(28)15-30-23-16(2)25-26(17(23)3)20-8-6-5-7-9-20/h5-13H,4,14-15H2,1-3H3,(H,24,27). The van der Waals surface area contributed by atoms with Gasteiger partial charge in [-0.3, -0.25) is 9.59 Å². The average Bonchev–Trinajstić information content (AvgIpc) is 3.05. The van der Waals surface area contributed by atoms with Crippen LogP contribution in [0.5, 0.6) is 0 Å². The number of anilines is 1. The van der Waals surface area contributed by atoms with E-state index in [1.165, 1.54) is 17.3 Å². The van der Waals surface area contributed by atoms with Crippen LogP contribution in [0, 0.1) is 13.8 Å². The van der Waals surface area contributed by atoms with E-state index >= 15 is 0 Å². The van der Waals surface area contributed by atoms with E-state index in [2.05, 4.69) is 17.3 Å². The summed E-state index contributed by atoms with van der Waals surface area (Å²) in [6, 6.07) is 17.4. The second kappa shape index (κ2) is 10.1. The zero-order chi connectivity index (χ0) is 21.5. The SMILES string of the molecule is CCc1ccc(NC(=O)COC(=O)CSc2c(C)nn(-c3ccccc3)c2C)cc1. The maximum Gasteiger partial charge on any atom is 0.316 e. The minimum Gasteiger partial charge on any atom is -0.455 e. The lowest BCUT2D eigenvalue weighted by atomic mass is 10.1. The number of nitrogens with zero attached hydrogens (tertiary/aromatic N) is 2. The molecule has 3 rings (SSSR count). The number of aromatic nitrogens is 2. The molecule has 7 heteroatoms. The lowest BCUT2D eigenvalue weighted by Gasteiger charge is -2.08. The van der Waals surface area contributed by atoms with Gasteiger partial charge in [-0.1, -0.05) is 37.3 Å². The van der Waals surface area contributed by atoms with E-state index in [9.17, 15) is 9.59 Å². The quantitative estimate of drug-likeness (QED) is 0.431. The van der Waals surface area contributed by atoms with Gasteiger partial charge in [-0.05, 0) is 50.1 Å². The molecule has 0 saturated heterocycles. The van der Waals surface area contributed by atoms with E-state index in [4.69, 9.17) is 4.74 Å². The Morgan fingerprint density at radius 3 is 2.43 bits per heavy atom. The van der Waals surface area contributed by atoms with Crippen molar-refractivity contribution < 1.29 is 14.3 Å². The van der Waals surface area contributed by atoms with Gasteiger partial charge in [-0.2, -0.15) is 5.10 Å². The van der Waals surface area contributed by atoms with Crippen molar-refractivity contribution in [2.24, 2.45) is 0 Å². The van der Waals surface area contributed by atoms with Crippen molar-refractivity contribution >= 4 is 29.3 Å². The molecular formula is C23H25N3O3S. The molecule has 0 radical (unpaired) electrons. The Morgan fingerprint density at radius 1 is 1.07 bits per heavy atom. The number of esters is 1. The minimum atomic E-state index is -0.442. The molecule has 30 heavy (non-hydrogen) atoms. The summed E-state index contributed by atoms with van der Waals surface area (Å²) in [6.45, 7) is 5.65. The first-order valence-electron chi connectivity index (χ1n) is 9.76. The second-order valence-electron chi connectivity index (χ2n) is 6.80. The van der Waals surface area contributed by atoms with Gasteiger partial charge < -0.3 is 10.1 Å². The molecule has 0 saturated carbocycles. The highest BCUT2D eigenvalue weighted by Gasteiger charge is 2.16. The van der Waals surface area contributed by atoms with Crippen molar-refractivity contribution in [2.75, 3.05) is 17.7 Å². The Morgan fingerprint density at radius 2 is 1.77 bits per heavy atom. The van der Waals surface area contributed by atoms with Crippen LogP contribution in [0.25, 0.3) is 5.69 Å². The van der Waals surface area contributed by atoms with Crippen molar-refractivity contribution in [3.05, 3.63) is 71.5 Å². The third kappa shape index (κ3) is 5.51. The van der Waals surface area contributed by atoms with Crippen molar-refractivity contribution in [1.82, 2.24) is 9.78 Å². The Labute approximate surface area is 180 Å². The first-order valence-corrected chi connectivity index (χ1v) is 10.8. The van der Waals surface area contributed by atoms with Crippen molar-refractivity contribution in [3.8, 4) is 5.69 Å². The molecule has 1 N–H and O–H groups in total. The molecule has 1 amide bonds. The molecule has 0 aliphatic carbocycles. The van der Waals surface area contributed by atoms with Crippen molar-refractivity contribution in [1.29, 1.82) is 0 Å². The zero-order valence-electron chi connectivity index (χ0n) is 17.3. The summed E-state index contributed by atoms with van der Waals surface area (Å²) in [5.41, 5.74) is 4.66. The van der Waals surface area contributed by atoms with Gasteiger partial charge in [0.2, 0.25) is 0 Å². The third-order valence-electron chi connectivity index (χ3n) is 4.57. The fourth-order valence-corrected chi connectivity index (χ4v) is 3.89. The van der Waals surface area contributed by atoms with E-state index in [-0.39, 0.29) is 18.3 Å². The van der Waals surface area contributed by atoms with Gasteiger partial charge in [-0.25, -0.2) is 4.68 Å². The van der Waals surface area contributed by atoms with Crippen LogP contribution < -0.4 is 5.32 Å². The van der Waals surface area contributed by atoms with Gasteiger partial charge in [0, 0.05) is 5.69 Å². The average molecular weight is 424 g/mol. The summed E-state index contributed by atoms with van der Waals surface area (Å²) in [5.74, 6) is -0.690. The molecule has 3 aromatic rings. The largest absolute Gasteiger partial charge is 0.455 e. The summed E-state index contributed by atoms with van der Waals surface area (Å²) >= 11 is 1.37. The molecule has 0 bridgehead atoms. The fraction of sp³-hybridized carbons (Fsp3) is 0.261. The number of nitrogens with one attached hydrogen (secondary N) is 1. The molecule has 0 spiro atoms. The molecule has 1 aromatic heterocycles. The Bertz CT molecular complexity index is 1010. The van der Waals surface area contributed by atoms with E-state index in [0.29, 0.717) is 5.69 Å². The van der Waals surface area contributed by atoms with Crippen LogP contribution in [0.1, 0.15) is 23.9 Å². The maximum atomic E-state index is 12.1. The van der Waals surface area contributed by atoms with Gasteiger partial charge in [0.1, 0.15) is 0 Å². The van der Waals surface area contributed by atoms with E-state index in [1.54, 1.807) is 0 Å². The zero-order valence-corrected chi connectivity index (χ0v) is 18.2. The highest BCUT2D eigenvalue weighted by Crippen LogP contribution is 2.28. The van der Waals surface area contributed by atoms with Crippen molar-refractivity contribution in [2.45, 2.75) is 32.1 Å².